The van der Waals surface area contributed by atoms with Gasteiger partial charge in [-0.25, -0.2) is 8.42 Å². The third kappa shape index (κ3) is 1.85. The van der Waals surface area contributed by atoms with Gasteiger partial charge in [-0.05, 0) is 18.2 Å². The van der Waals surface area contributed by atoms with Crippen LogP contribution in [0, 0.1) is 11.3 Å². The Bertz CT molecular complexity index is 562. The van der Waals surface area contributed by atoms with Gasteiger partial charge in [0.2, 0.25) is 10.0 Å². The molecule has 5 heteroatoms. The molecule has 0 saturated carbocycles. The van der Waals surface area contributed by atoms with Crippen molar-refractivity contribution in [1.82, 2.24) is 4.31 Å². The van der Waals surface area contributed by atoms with Crippen molar-refractivity contribution in [2.75, 3.05) is 13.1 Å². The predicted molar refractivity (Wildman–Crippen MR) is 59.1 cm³/mol. The zero-order valence-corrected chi connectivity index (χ0v) is 9.31. The summed E-state index contributed by atoms with van der Waals surface area (Å²) in [7, 11) is -3.45. The lowest BCUT2D eigenvalue weighted by Gasteiger charge is -2.15. The van der Waals surface area contributed by atoms with Gasteiger partial charge < -0.3 is 0 Å². The molecule has 82 valence electrons. The van der Waals surface area contributed by atoms with Gasteiger partial charge in [0.05, 0.1) is 16.5 Å². The molecule has 0 aromatic heterocycles. The Labute approximate surface area is 94.5 Å². The van der Waals surface area contributed by atoms with Crippen LogP contribution in [0.25, 0.3) is 0 Å². The molecule has 0 bridgehead atoms. The lowest BCUT2D eigenvalue weighted by atomic mass is 10.2. The Balaban J connectivity index is 2.40. The number of sulfonamides is 1. The highest BCUT2D eigenvalue weighted by Crippen LogP contribution is 2.18. The fourth-order valence-corrected chi connectivity index (χ4v) is 2.92. The molecule has 0 spiro atoms. The van der Waals surface area contributed by atoms with Crippen LogP contribution in [0.1, 0.15) is 5.56 Å². The van der Waals surface area contributed by atoms with E-state index >= 15 is 0 Å². The first-order chi connectivity index (χ1) is 7.64. The highest BCUT2D eigenvalue weighted by atomic mass is 32.2. The van der Waals surface area contributed by atoms with E-state index in [1.165, 1.54) is 16.4 Å². The topological polar surface area (TPSA) is 61.2 Å². The fourth-order valence-electron chi connectivity index (χ4n) is 1.53. The minimum absolute atomic E-state index is 0.176. The van der Waals surface area contributed by atoms with Gasteiger partial charge in [0.15, 0.2) is 0 Å². The summed E-state index contributed by atoms with van der Waals surface area (Å²) in [5.74, 6) is 0. The van der Waals surface area contributed by atoms with E-state index in [1.807, 2.05) is 18.2 Å². The van der Waals surface area contributed by atoms with E-state index in [9.17, 15) is 8.42 Å². The van der Waals surface area contributed by atoms with E-state index in [-0.39, 0.29) is 4.90 Å². The maximum atomic E-state index is 12.1. The first-order valence-electron chi connectivity index (χ1n) is 4.80. The Morgan fingerprint density at radius 3 is 2.56 bits per heavy atom. The molecule has 4 nitrogen and oxygen atoms in total. The number of benzene rings is 1. The van der Waals surface area contributed by atoms with Gasteiger partial charge in [-0.3, -0.25) is 0 Å². The van der Waals surface area contributed by atoms with E-state index in [4.69, 9.17) is 5.26 Å². The Morgan fingerprint density at radius 2 is 1.94 bits per heavy atom. The second-order valence-electron chi connectivity index (χ2n) is 3.43. The average molecular weight is 234 g/mol. The summed E-state index contributed by atoms with van der Waals surface area (Å²) in [6, 6.07) is 8.00. The molecular weight excluding hydrogens is 224 g/mol. The fraction of sp³-hybridized carbons (Fsp3) is 0.182. The van der Waals surface area contributed by atoms with E-state index in [2.05, 4.69) is 0 Å². The average Bonchev–Trinajstić information content (AvgIpc) is 2.83. The van der Waals surface area contributed by atoms with E-state index in [1.54, 1.807) is 12.1 Å². The molecule has 0 amide bonds. The van der Waals surface area contributed by atoms with Crippen LogP contribution in [-0.4, -0.2) is 25.8 Å². The first kappa shape index (κ1) is 10.9. The van der Waals surface area contributed by atoms with Gasteiger partial charge in [-0.2, -0.15) is 9.57 Å². The molecule has 1 aliphatic heterocycles. The Morgan fingerprint density at radius 1 is 1.25 bits per heavy atom. The smallest absolute Gasteiger partial charge is 0.207 e. The molecule has 1 aromatic rings. The van der Waals surface area contributed by atoms with Crippen molar-refractivity contribution in [3.8, 4) is 6.07 Å². The molecule has 16 heavy (non-hydrogen) atoms. The van der Waals surface area contributed by atoms with Crippen LogP contribution in [0.15, 0.2) is 41.3 Å². The molecular formula is C11H10N2O2S. The molecule has 2 rings (SSSR count). The highest BCUT2D eigenvalue weighted by Gasteiger charge is 2.24. The Hall–Kier alpha value is -1.64. The quantitative estimate of drug-likeness (QED) is 0.720. The number of rotatable bonds is 2. The first-order valence-corrected chi connectivity index (χ1v) is 6.24. The zero-order chi connectivity index (χ0) is 11.6. The monoisotopic (exact) mass is 234 g/mol. The molecule has 1 heterocycles. The number of hydrogen-bond donors (Lipinski definition) is 0. The summed E-state index contributed by atoms with van der Waals surface area (Å²) >= 11 is 0. The second kappa shape index (κ2) is 4.08. The second-order valence-corrected chi connectivity index (χ2v) is 5.37. The van der Waals surface area contributed by atoms with E-state index in [0.717, 1.165) is 0 Å². The minimum Gasteiger partial charge on any atom is -0.207 e. The van der Waals surface area contributed by atoms with Gasteiger partial charge in [0, 0.05) is 13.1 Å². The van der Waals surface area contributed by atoms with Gasteiger partial charge in [0.25, 0.3) is 0 Å². The molecule has 0 saturated heterocycles. The van der Waals surface area contributed by atoms with E-state index in [0.29, 0.717) is 18.7 Å². The van der Waals surface area contributed by atoms with Crippen LogP contribution in [-0.2, 0) is 10.0 Å². The number of nitrogens with zero attached hydrogens (tertiary/aromatic N) is 2. The summed E-state index contributed by atoms with van der Waals surface area (Å²) in [6.07, 6.45) is 3.62. The summed E-state index contributed by atoms with van der Waals surface area (Å²) < 4.78 is 25.5. The van der Waals surface area contributed by atoms with Crippen LogP contribution in [0.3, 0.4) is 0 Å². The molecule has 0 aliphatic carbocycles. The Kier molecular flexibility index (Phi) is 2.77. The van der Waals surface area contributed by atoms with Crippen molar-refractivity contribution in [3.63, 3.8) is 0 Å². The third-order valence-corrected chi connectivity index (χ3v) is 4.21. The van der Waals surface area contributed by atoms with Gasteiger partial charge in [0.1, 0.15) is 0 Å². The van der Waals surface area contributed by atoms with Crippen molar-refractivity contribution in [3.05, 3.63) is 42.0 Å². The molecule has 0 radical (unpaired) electrons. The molecule has 0 atom stereocenters. The third-order valence-electron chi connectivity index (χ3n) is 2.39. The van der Waals surface area contributed by atoms with Crippen molar-refractivity contribution < 1.29 is 8.42 Å². The lowest BCUT2D eigenvalue weighted by Crippen LogP contribution is -2.28. The van der Waals surface area contributed by atoms with Crippen LogP contribution in [0.4, 0.5) is 0 Å². The van der Waals surface area contributed by atoms with Crippen LogP contribution < -0.4 is 0 Å². The predicted octanol–water partition coefficient (Wildman–Crippen LogP) is 1.12. The highest BCUT2D eigenvalue weighted by molar-refractivity contribution is 7.89. The zero-order valence-electron chi connectivity index (χ0n) is 8.50. The van der Waals surface area contributed by atoms with Crippen molar-refractivity contribution in [2.24, 2.45) is 0 Å². The normalized spacial score (nSPS) is 16.2. The standard InChI is InChI=1S/C11H10N2O2S/c12-9-10-4-3-5-11(8-10)16(14,15)13-6-1-2-7-13/h1-5,8H,6-7H2. The van der Waals surface area contributed by atoms with Crippen molar-refractivity contribution in [1.29, 1.82) is 5.26 Å². The van der Waals surface area contributed by atoms with Crippen LogP contribution in [0.2, 0.25) is 0 Å². The minimum atomic E-state index is -3.45. The summed E-state index contributed by atoms with van der Waals surface area (Å²) in [5.41, 5.74) is 0.355. The maximum absolute atomic E-state index is 12.1. The maximum Gasteiger partial charge on any atom is 0.243 e. The van der Waals surface area contributed by atoms with Crippen molar-refractivity contribution >= 4 is 10.0 Å². The molecule has 1 aromatic carbocycles. The number of hydrogen-bond acceptors (Lipinski definition) is 3. The van der Waals surface area contributed by atoms with Crippen LogP contribution in [0.5, 0.6) is 0 Å². The SMILES string of the molecule is N#Cc1cccc(S(=O)(=O)N2CC=CC2)c1. The largest absolute Gasteiger partial charge is 0.243 e. The lowest BCUT2D eigenvalue weighted by molar-refractivity contribution is 0.488. The number of nitriles is 1. The summed E-state index contributed by atoms with van der Waals surface area (Å²) in [6.45, 7) is 0.804. The molecule has 0 unspecified atom stereocenters. The van der Waals surface area contributed by atoms with Gasteiger partial charge >= 0.3 is 0 Å². The molecule has 0 fully saturated rings. The summed E-state index contributed by atoms with van der Waals surface area (Å²) in [4.78, 5) is 0.176. The molecule has 1 aliphatic rings. The van der Waals surface area contributed by atoms with Crippen LogP contribution >= 0.6 is 0 Å². The summed E-state index contributed by atoms with van der Waals surface area (Å²) in [5, 5.41) is 8.72. The van der Waals surface area contributed by atoms with Gasteiger partial charge in [-0.15, -0.1) is 0 Å². The molecule has 0 N–H and O–H groups in total. The van der Waals surface area contributed by atoms with Crippen molar-refractivity contribution in [2.45, 2.75) is 4.90 Å². The van der Waals surface area contributed by atoms with E-state index < -0.39 is 10.0 Å². The van der Waals surface area contributed by atoms with Gasteiger partial charge in [-0.1, -0.05) is 18.2 Å².